The first kappa shape index (κ1) is 14.2. The molecule has 102 valence electrons. The minimum absolute atomic E-state index is 0.0184. The van der Waals surface area contributed by atoms with E-state index >= 15 is 0 Å². The fourth-order valence-electron chi connectivity index (χ4n) is 1.61. The predicted octanol–water partition coefficient (Wildman–Crippen LogP) is 2.41. The molecule has 0 radical (unpaired) electrons. The summed E-state index contributed by atoms with van der Waals surface area (Å²) in [6.45, 7) is 0.187. The summed E-state index contributed by atoms with van der Waals surface area (Å²) in [5, 5.41) is 0. The predicted molar refractivity (Wildman–Crippen MR) is 73.5 cm³/mol. The van der Waals surface area contributed by atoms with Gasteiger partial charge in [-0.2, -0.15) is 0 Å². The van der Waals surface area contributed by atoms with Crippen molar-refractivity contribution in [1.29, 1.82) is 0 Å². The Kier molecular flexibility index (Phi) is 4.07. The molecule has 2 aromatic rings. The minimum Gasteiger partial charge on any atom is -0.357 e. The van der Waals surface area contributed by atoms with Crippen LogP contribution in [0.15, 0.2) is 46.0 Å². The van der Waals surface area contributed by atoms with Crippen LogP contribution in [0.25, 0.3) is 0 Å². The molecule has 0 aliphatic heterocycles. The van der Waals surface area contributed by atoms with E-state index in [-0.39, 0.29) is 15.9 Å². The molecular formula is C12H12BrFN2O2S. The number of hydrogen-bond donors (Lipinski definition) is 1. The summed E-state index contributed by atoms with van der Waals surface area (Å²) < 4.78 is 41.6. The summed E-state index contributed by atoms with van der Waals surface area (Å²) in [5.74, 6) is -0.492. The van der Waals surface area contributed by atoms with Gasteiger partial charge in [-0.3, -0.25) is 0 Å². The third-order valence-electron chi connectivity index (χ3n) is 2.54. The van der Waals surface area contributed by atoms with E-state index < -0.39 is 15.8 Å². The lowest BCUT2D eigenvalue weighted by atomic mass is 10.3. The molecule has 1 heterocycles. The molecule has 0 aliphatic rings. The molecule has 4 nitrogen and oxygen atoms in total. The van der Waals surface area contributed by atoms with Crippen molar-refractivity contribution in [3.63, 3.8) is 0 Å². The number of benzene rings is 1. The lowest BCUT2D eigenvalue weighted by Gasteiger charge is -2.07. The number of halogens is 2. The second-order valence-electron chi connectivity index (χ2n) is 4.08. The van der Waals surface area contributed by atoms with Gasteiger partial charge in [-0.1, -0.05) is 0 Å². The van der Waals surface area contributed by atoms with Gasteiger partial charge >= 0.3 is 0 Å². The first-order valence-electron chi connectivity index (χ1n) is 5.44. The summed E-state index contributed by atoms with van der Waals surface area (Å²) in [4.78, 5) is 0.0184. The standard InChI is InChI=1S/C12H12BrFN2O2S/c1-16-5-4-9(8-16)7-15-19(17,18)12-3-2-10(14)6-11(12)13/h2-6,8,15H,7H2,1H3. The van der Waals surface area contributed by atoms with Gasteiger partial charge in [0, 0.05) is 30.5 Å². The van der Waals surface area contributed by atoms with Crippen LogP contribution in [-0.4, -0.2) is 13.0 Å². The number of sulfonamides is 1. The van der Waals surface area contributed by atoms with Crippen molar-refractivity contribution in [3.8, 4) is 0 Å². The molecule has 0 atom stereocenters. The summed E-state index contributed by atoms with van der Waals surface area (Å²) in [6.07, 6.45) is 3.65. The van der Waals surface area contributed by atoms with Crippen LogP contribution in [0.1, 0.15) is 5.56 Å². The van der Waals surface area contributed by atoms with Crippen LogP contribution < -0.4 is 4.72 Å². The Morgan fingerprint density at radius 2 is 2.11 bits per heavy atom. The Bertz CT molecular complexity index is 698. The van der Waals surface area contributed by atoms with E-state index in [0.29, 0.717) is 0 Å². The molecule has 0 saturated heterocycles. The maximum absolute atomic E-state index is 12.9. The minimum atomic E-state index is -3.67. The van der Waals surface area contributed by atoms with Gasteiger partial charge in [0.05, 0.1) is 4.90 Å². The van der Waals surface area contributed by atoms with Gasteiger partial charge in [-0.15, -0.1) is 0 Å². The molecule has 7 heteroatoms. The van der Waals surface area contributed by atoms with Crippen LogP contribution in [-0.2, 0) is 23.6 Å². The number of nitrogens with zero attached hydrogens (tertiary/aromatic N) is 1. The van der Waals surface area contributed by atoms with Gasteiger partial charge in [0.25, 0.3) is 0 Å². The summed E-state index contributed by atoms with van der Waals surface area (Å²) in [5.41, 5.74) is 0.851. The maximum Gasteiger partial charge on any atom is 0.241 e. The molecular weight excluding hydrogens is 335 g/mol. The number of nitrogens with one attached hydrogen (secondary N) is 1. The SMILES string of the molecule is Cn1ccc(CNS(=O)(=O)c2ccc(F)cc2Br)c1. The molecule has 0 bridgehead atoms. The van der Waals surface area contributed by atoms with Crippen LogP contribution in [0.2, 0.25) is 0 Å². The summed E-state index contributed by atoms with van der Waals surface area (Å²) >= 11 is 3.05. The zero-order valence-electron chi connectivity index (χ0n) is 10.1. The quantitative estimate of drug-likeness (QED) is 0.924. The van der Waals surface area contributed by atoms with Crippen molar-refractivity contribution in [2.75, 3.05) is 0 Å². The number of rotatable bonds is 4. The van der Waals surface area contributed by atoms with E-state index in [2.05, 4.69) is 20.7 Å². The Balaban J connectivity index is 2.18. The van der Waals surface area contributed by atoms with Gasteiger partial charge in [0.2, 0.25) is 10.0 Å². The van der Waals surface area contributed by atoms with Crippen molar-refractivity contribution < 1.29 is 12.8 Å². The highest BCUT2D eigenvalue weighted by Gasteiger charge is 2.17. The molecule has 1 aromatic heterocycles. The lowest BCUT2D eigenvalue weighted by molar-refractivity contribution is 0.579. The third kappa shape index (κ3) is 3.43. The van der Waals surface area contributed by atoms with E-state index in [1.807, 2.05) is 30.1 Å². The van der Waals surface area contributed by atoms with E-state index in [1.165, 1.54) is 6.07 Å². The van der Waals surface area contributed by atoms with E-state index in [4.69, 9.17) is 0 Å². The molecule has 0 aliphatic carbocycles. The third-order valence-corrected chi connectivity index (χ3v) is 4.92. The highest BCUT2D eigenvalue weighted by molar-refractivity contribution is 9.10. The summed E-state index contributed by atoms with van der Waals surface area (Å²) in [7, 11) is -1.81. The van der Waals surface area contributed by atoms with Crippen LogP contribution >= 0.6 is 15.9 Å². The Morgan fingerprint density at radius 3 is 2.68 bits per heavy atom. The van der Waals surface area contributed by atoms with Crippen molar-refractivity contribution >= 4 is 26.0 Å². The van der Waals surface area contributed by atoms with Crippen LogP contribution in [0.4, 0.5) is 4.39 Å². The molecule has 0 saturated carbocycles. The number of aryl methyl sites for hydroxylation is 1. The average molecular weight is 347 g/mol. The smallest absolute Gasteiger partial charge is 0.241 e. The number of aromatic nitrogens is 1. The van der Waals surface area contributed by atoms with Gasteiger partial charge in [0.15, 0.2) is 0 Å². The van der Waals surface area contributed by atoms with Gasteiger partial charge in [-0.05, 0) is 45.8 Å². The second kappa shape index (κ2) is 5.44. The topological polar surface area (TPSA) is 51.1 Å². The summed E-state index contributed by atoms with van der Waals surface area (Å²) in [6, 6.07) is 5.29. The van der Waals surface area contributed by atoms with E-state index in [0.717, 1.165) is 17.7 Å². The maximum atomic E-state index is 12.9. The Labute approximate surface area is 119 Å². The fourth-order valence-corrected chi connectivity index (χ4v) is 3.68. The molecule has 19 heavy (non-hydrogen) atoms. The van der Waals surface area contributed by atoms with Crippen molar-refractivity contribution in [2.24, 2.45) is 7.05 Å². The van der Waals surface area contributed by atoms with E-state index in [1.54, 1.807) is 0 Å². The molecule has 0 spiro atoms. The fraction of sp³-hybridized carbons (Fsp3) is 0.167. The Morgan fingerprint density at radius 1 is 1.37 bits per heavy atom. The largest absolute Gasteiger partial charge is 0.357 e. The average Bonchev–Trinajstić information content (AvgIpc) is 2.72. The highest BCUT2D eigenvalue weighted by Crippen LogP contribution is 2.22. The molecule has 2 rings (SSSR count). The number of hydrogen-bond acceptors (Lipinski definition) is 2. The van der Waals surface area contributed by atoms with E-state index in [9.17, 15) is 12.8 Å². The molecule has 1 aromatic carbocycles. The lowest BCUT2D eigenvalue weighted by Crippen LogP contribution is -2.23. The zero-order chi connectivity index (χ0) is 14.0. The van der Waals surface area contributed by atoms with Crippen molar-refractivity contribution in [2.45, 2.75) is 11.4 Å². The molecule has 0 amide bonds. The molecule has 1 N–H and O–H groups in total. The molecule has 0 fully saturated rings. The van der Waals surface area contributed by atoms with Gasteiger partial charge in [-0.25, -0.2) is 17.5 Å². The first-order chi connectivity index (χ1) is 8.88. The zero-order valence-corrected chi connectivity index (χ0v) is 12.5. The highest BCUT2D eigenvalue weighted by atomic mass is 79.9. The van der Waals surface area contributed by atoms with Crippen molar-refractivity contribution in [1.82, 2.24) is 9.29 Å². The first-order valence-corrected chi connectivity index (χ1v) is 7.72. The monoisotopic (exact) mass is 346 g/mol. The van der Waals surface area contributed by atoms with Gasteiger partial charge < -0.3 is 4.57 Å². The second-order valence-corrected chi connectivity index (χ2v) is 6.67. The normalized spacial score (nSPS) is 11.7. The van der Waals surface area contributed by atoms with Crippen LogP contribution in [0.5, 0.6) is 0 Å². The van der Waals surface area contributed by atoms with Gasteiger partial charge in [0.1, 0.15) is 5.82 Å². The van der Waals surface area contributed by atoms with Crippen LogP contribution in [0.3, 0.4) is 0 Å². The van der Waals surface area contributed by atoms with Crippen LogP contribution in [0, 0.1) is 5.82 Å². The molecule has 0 unspecified atom stereocenters. The Hall–Kier alpha value is -1.18. The van der Waals surface area contributed by atoms with Crippen molar-refractivity contribution in [3.05, 3.63) is 52.5 Å².